The number of rotatable bonds is 6. The summed E-state index contributed by atoms with van der Waals surface area (Å²) in [6.45, 7) is 6.79. The zero-order chi connectivity index (χ0) is 21.3. The van der Waals surface area contributed by atoms with Crippen molar-refractivity contribution >= 4 is 11.8 Å². The number of piperazine rings is 1. The van der Waals surface area contributed by atoms with Gasteiger partial charge in [0.2, 0.25) is 0 Å². The Morgan fingerprint density at radius 1 is 1.13 bits per heavy atom. The molecule has 166 valence electrons. The van der Waals surface area contributed by atoms with Crippen molar-refractivity contribution in [1.82, 2.24) is 15.2 Å². The maximum atomic E-state index is 5.78. The molecular weight excluding hydrogens is 394 g/mol. The molecule has 1 aromatic heterocycles. The Morgan fingerprint density at radius 3 is 2.65 bits per heavy atom. The molecule has 2 aromatic rings. The van der Waals surface area contributed by atoms with Crippen molar-refractivity contribution in [1.29, 1.82) is 0 Å². The molecule has 0 spiro atoms. The highest BCUT2D eigenvalue weighted by atomic mass is 16.6. The molecule has 0 amide bonds. The molecule has 8 heteroatoms. The lowest BCUT2D eigenvalue weighted by atomic mass is 10.2. The number of guanidine groups is 1. The van der Waals surface area contributed by atoms with Crippen LogP contribution in [0, 0.1) is 0 Å². The molecule has 1 unspecified atom stereocenters. The molecule has 2 saturated heterocycles. The molecule has 1 aromatic carbocycles. The van der Waals surface area contributed by atoms with Crippen LogP contribution in [-0.4, -0.2) is 81.6 Å². The van der Waals surface area contributed by atoms with E-state index >= 15 is 0 Å². The van der Waals surface area contributed by atoms with Gasteiger partial charge < -0.3 is 29.3 Å². The van der Waals surface area contributed by atoms with Crippen molar-refractivity contribution in [3.05, 3.63) is 54.2 Å². The van der Waals surface area contributed by atoms with Crippen LogP contribution in [0.25, 0.3) is 0 Å². The second-order valence-electron chi connectivity index (χ2n) is 7.60. The average Bonchev–Trinajstić information content (AvgIpc) is 2.86. The first-order valence-corrected chi connectivity index (χ1v) is 10.8. The van der Waals surface area contributed by atoms with Gasteiger partial charge in [0.05, 0.1) is 45.8 Å². The maximum absolute atomic E-state index is 5.78. The number of nitrogens with one attached hydrogen (secondary N) is 1. The van der Waals surface area contributed by atoms with Gasteiger partial charge in [-0.05, 0) is 17.7 Å². The maximum Gasteiger partial charge on any atom is 0.194 e. The van der Waals surface area contributed by atoms with Crippen LogP contribution in [0.4, 0.5) is 5.82 Å². The minimum Gasteiger partial charge on any atom is -0.495 e. The van der Waals surface area contributed by atoms with Crippen molar-refractivity contribution in [3.63, 3.8) is 0 Å². The lowest BCUT2D eigenvalue weighted by Crippen LogP contribution is -2.54. The summed E-state index contributed by atoms with van der Waals surface area (Å²) >= 11 is 0. The minimum absolute atomic E-state index is 0.0560. The van der Waals surface area contributed by atoms with Gasteiger partial charge in [0.25, 0.3) is 0 Å². The predicted molar refractivity (Wildman–Crippen MR) is 121 cm³/mol. The molecule has 1 N–H and O–H groups in total. The molecule has 0 bridgehead atoms. The molecule has 1 atom stereocenters. The fourth-order valence-electron chi connectivity index (χ4n) is 3.70. The summed E-state index contributed by atoms with van der Waals surface area (Å²) in [5.74, 6) is 2.67. The third kappa shape index (κ3) is 6.08. The molecular formula is C23H31N5O3. The average molecular weight is 426 g/mol. The van der Waals surface area contributed by atoms with Crippen LogP contribution < -0.4 is 15.0 Å². The second-order valence-corrected chi connectivity index (χ2v) is 7.60. The van der Waals surface area contributed by atoms with Crippen LogP contribution in [0.3, 0.4) is 0 Å². The van der Waals surface area contributed by atoms with Crippen LogP contribution in [-0.2, 0) is 16.0 Å². The zero-order valence-electron chi connectivity index (χ0n) is 18.1. The van der Waals surface area contributed by atoms with E-state index in [1.54, 1.807) is 13.3 Å². The molecule has 0 aliphatic carbocycles. The Bertz CT molecular complexity index is 817. The Hall–Kier alpha value is -2.84. The molecule has 2 aliphatic rings. The predicted octanol–water partition coefficient (Wildman–Crippen LogP) is 1.77. The molecule has 0 saturated carbocycles. The van der Waals surface area contributed by atoms with Crippen molar-refractivity contribution in [2.45, 2.75) is 12.6 Å². The lowest BCUT2D eigenvalue weighted by Gasteiger charge is -2.37. The second kappa shape index (κ2) is 11.0. The van der Waals surface area contributed by atoms with E-state index in [1.165, 1.54) is 5.56 Å². The number of ether oxygens (including phenoxy) is 3. The van der Waals surface area contributed by atoms with Crippen LogP contribution in [0.2, 0.25) is 0 Å². The number of anilines is 1. The zero-order valence-corrected chi connectivity index (χ0v) is 18.1. The monoisotopic (exact) mass is 425 g/mol. The van der Waals surface area contributed by atoms with E-state index in [0.29, 0.717) is 32.9 Å². The molecule has 8 nitrogen and oxygen atoms in total. The van der Waals surface area contributed by atoms with Gasteiger partial charge in [-0.15, -0.1) is 0 Å². The highest BCUT2D eigenvalue weighted by Crippen LogP contribution is 2.17. The Morgan fingerprint density at radius 2 is 1.97 bits per heavy atom. The fourth-order valence-corrected chi connectivity index (χ4v) is 3.70. The third-order valence-electron chi connectivity index (χ3n) is 5.49. The SMILES string of the molecule is COc1ccc(N2CCN(C(=NCc3ccccc3)NCC3COCCO3)CC2)nc1. The largest absolute Gasteiger partial charge is 0.495 e. The summed E-state index contributed by atoms with van der Waals surface area (Å²) in [5, 5.41) is 3.52. The number of methoxy groups -OCH3 is 1. The quantitative estimate of drug-likeness (QED) is 0.559. The first-order valence-electron chi connectivity index (χ1n) is 10.8. The van der Waals surface area contributed by atoms with Gasteiger partial charge in [-0.3, -0.25) is 0 Å². The molecule has 4 rings (SSSR count). The lowest BCUT2D eigenvalue weighted by molar-refractivity contribution is -0.0851. The summed E-state index contributed by atoms with van der Waals surface area (Å²) in [4.78, 5) is 14.0. The summed E-state index contributed by atoms with van der Waals surface area (Å²) in [6.07, 6.45) is 1.82. The van der Waals surface area contributed by atoms with E-state index < -0.39 is 0 Å². The number of nitrogens with zero attached hydrogens (tertiary/aromatic N) is 4. The summed E-state index contributed by atoms with van der Waals surface area (Å²) in [5.41, 5.74) is 1.19. The number of hydrogen-bond donors (Lipinski definition) is 1. The van der Waals surface area contributed by atoms with E-state index in [9.17, 15) is 0 Å². The highest BCUT2D eigenvalue weighted by molar-refractivity contribution is 5.80. The van der Waals surface area contributed by atoms with Crippen LogP contribution in [0.5, 0.6) is 5.75 Å². The van der Waals surface area contributed by atoms with Gasteiger partial charge in [-0.2, -0.15) is 0 Å². The first kappa shape index (κ1) is 21.4. The molecule has 3 heterocycles. The number of benzene rings is 1. The van der Waals surface area contributed by atoms with Gasteiger partial charge in [0, 0.05) is 32.7 Å². The molecule has 0 radical (unpaired) electrons. The highest BCUT2D eigenvalue weighted by Gasteiger charge is 2.22. The van der Waals surface area contributed by atoms with E-state index in [-0.39, 0.29) is 6.10 Å². The van der Waals surface area contributed by atoms with E-state index in [2.05, 4.69) is 32.2 Å². The number of aliphatic imine (C=N–C) groups is 1. The molecule has 31 heavy (non-hydrogen) atoms. The topological polar surface area (TPSA) is 71.5 Å². The van der Waals surface area contributed by atoms with Gasteiger partial charge in [-0.25, -0.2) is 9.98 Å². The number of pyridine rings is 1. The van der Waals surface area contributed by atoms with E-state index in [4.69, 9.17) is 19.2 Å². The van der Waals surface area contributed by atoms with Gasteiger partial charge >= 0.3 is 0 Å². The van der Waals surface area contributed by atoms with E-state index in [0.717, 1.165) is 43.7 Å². The summed E-state index contributed by atoms with van der Waals surface area (Å²) < 4.78 is 16.5. The van der Waals surface area contributed by atoms with Crippen molar-refractivity contribution in [2.75, 3.05) is 64.6 Å². The number of hydrogen-bond acceptors (Lipinski definition) is 6. The number of aromatic nitrogens is 1. The first-order chi connectivity index (χ1) is 15.3. The smallest absolute Gasteiger partial charge is 0.194 e. The van der Waals surface area contributed by atoms with Crippen LogP contribution in [0.15, 0.2) is 53.7 Å². The fraction of sp³-hybridized carbons (Fsp3) is 0.478. The Kier molecular flexibility index (Phi) is 7.57. The molecule has 2 fully saturated rings. The van der Waals surface area contributed by atoms with Gasteiger partial charge in [0.1, 0.15) is 11.6 Å². The normalized spacial score (nSPS) is 19.9. The van der Waals surface area contributed by atoms with Gasteiger partial charge in [0.15, 0.2) is 5.96 Å². The summed E-state index contributed by atoms with van der Waals surface area (Å²) in [6, 6.07) is 14.3. The standard InChI is InChI=1S/C23H31N5O3/c1-29-20-7-8-22(24-16-20)27-9-11-28(12-10-27)23(25-15-19-5-3-2-4-6-19)26-17-21-18-30-13-14-31-21/h2-8,16,21H,9-15,17-18H2,1H3,(H,25,26). The summed E-state index contributed by atoms with van der Waals surface area (Å²) in [7, 11) is 1.66. The van der Waals surface area contributed by atoms with Gasteiger partial charge in [-0.1, -0.05) is 30.3 Å². The van der Waals surface area contributed by atoms with Crippen molar-refractivity contribution < 1.29 is 14.2 Å². The van der Waals surface area contributed by atoms with Crippen molar-refractivity contribution in [3.8, 4) is 5.75 Å². The van der Waals surface area contributed by atoms with E-state index in [1.807, 2.05) is 30.3 Å². The minimum atomic E-state index is 0.0560. The Balaban J connectivity index is 1.38. The van der Waals surface area contributed by atoms with Crippen molar-refractivity contribution in [2.24, 2.45) is 4.99 Å². The molecule has 2 aliphatic heterocycles. The Labute approximate surface area is 183 Å². The van der Waals surface area contributed by atoms with Crippen LogP contribution in [0.1, 0.15) is 5.56 Å². The third-order valence-corrected chi connectivity index (χ3v) is 5.49. The van der Waals surface area contributed by atoms with Crippen LogP contribution >= 0.6 is 0 Å².